The maximum absolute atomic E-state index is 13.9. The highest BCUT2D eigenvalue weighted by molar-refractivity contribution is 7.13. The number of ether oxygens (including phenoxy) is 1. The molecule has 0 unspecified atom stereocenters. The highest BCUT2D eigenvalue weighted by Gasteiger charge is 2.11. The molecular weight excluding hydrogens is 275 g/mol. The number of thiophene rings is 1. The summed E-state index contributed by atoms with van der Waals surface area (Å²) in [5.74, 6) is -0.164. The molecule has 0 aliphatic carbocycles. The lowest BCUT2D eigenvalue weighted by molar-refractivity contribution is 0.0106. The summed E-state index contributed by atoms with van der Waals surface area (Å²) in [5, 5.41) is 4.12. The zero-order valence-electron chi connectivity index (χ0n) is 11.1. The van der Waals surface area contributed by atoms with Crippen molar-refractivity contribution in [3.05, 3.63) is 47.1 Å². The Kier molecular flexibility index (Phi) is 4.42. The second-order valence-electron chi connectivity index (χ2n) is 4.73. The molecule has 2 aromatic rings. The third-order valence-electron chi connectivity index (χ3n) is 3.34. The van der Waals surface area contributed by atoms with Crippen molar-refractivity contribution in [2.75, 3.05) is 26.3 Å². The molecule has 0 amide bonds. The zero-order chi connectivity index (χ0) is 13.8. The Hall–Kier alpha value is -1.27. The van der Waals surface area contributed by atoms with E-state index < -0.39 is 0 Å². The molecule has 1 aliphatic heterocycles. The van der Waals surface area contributed by atoms with Gasteiger partial charge in [-0.25, -0.2) is 9.40 Å². The van der Waals surface area contributed by atoms with Crippen molar-refractivity contribution in [3.63, 3.8) is 0 Å². The van der Waals surface area contributed by atoms with Crippen LogP contribution in [0.2, 0.25) is 0 Å². The summed E-state index contributed by atoms with van der Waals surface area (Å²) in [6.07, 6.45) is 0. The van der Waals surface area contributed by atoms with Gasteiger partial charge in [0.25, 0.3) is 0 Å². The van der Waals surface area contributed by atoms with Crippen LogP contribution in [0.1, 0.15) is 5.56 Å². The molecule has 0 spiro atoms. The lowest BCUT2D eigenvalue weighted by Gasteiger charge is -2.27. The van der Waals surface area contributed by atoms with Crippen LogP contribution in [0.5, 0.6) is 0 Å². The van der Waals surface area contributed by atoms with Crippen LogP contribution in [0.25, 0.3) is 10.4 Å². The molecule has 0 saturated carbocycles. The summed E-state index contributed by atoms with van der Waals surface area (Å²) in [6, 6.07) is 9.19. The van der Waals surface area contributed by atoms with Crippen molar-refractivity contribution in [1.82, 2.24) is 10.4 Å². The summed E-state index contributed by atoms with van der Waals surface area (Å²) >= 11 is 1.56. The van der Waals surface area contributed by atoms with Crippen LogP contribution in [0, 0.1) is 5.82 Å². The maximum atomic E-state index is 13.9. The Bertz CT molecular complexity index is 553. The molecule has 1 saturated heterocycles. The van der Waals surface area contributed by atoms with Gasteiger partial charge in [0.1, 0.15) is 5.82 Å². The second kappa shape index (κ2) is 6.45. The third kappa shape index (κ3) is 3.24. The van der Waals surface area contributed by atoms with Gasteiger partial charge in [0.15, 0.2) is 0 Å². The maximum Gasteiger partial charge on any atom is 0.131 e. The fraction of sp³-hybridized carbons (Fsp3) is 0.333. The van der Waals surface area contributed by atoms with E-state index in [1.165, 1.54) is 0 Å². The highest BCUT2D eigenvalue weighted by atomic mass is 32.1. The van der Waals surface area contributed by atoms with Crippen molar-refractivity contribution in [2.24, 2.45) is 0 Å². The van der Waals surface area contributed by atoms with E-state index in [-0.39, 0.29) is 5.82 Å². The van der Waals surface area contributed by atoms with E-state index in [9.17, 15) is 4.39 Å². The van der Waals surface area contributed by atoms with Crippen LogP contribution >= 0.6 is 11.3 Å². The lowest BCUT2D eigenvalue weighted by atomic mass is 10.1. The highest BCUT2D eigenvalue weighted by Crippen LogP contribution is 2.28. The van der Waals surface area contributed by atoms with Crippen LogP contribution in [-0.4, -0.2) is 31.3 Å². The Balaban J connectivity index is 1.69. The van der Waals surface area contributed by atoms with Gasteiger partial charge in [-0.15, -0.1) is 11.3 Å². The summed E-state index contributed by atoms with van der Waals surface area (Å²) in [4.78, 5) is 0.968. The van der Waals surface area contributed by atoms with Gasteiger partial charge >= 0.3 is 0 Å². The molecule has 1 aromatic carbocycles. The number of morpholine rings is 1. The van der Waals surface area contributed by atoms with E-state index in [4.69, 9.17) is 4.74 Å². The Morgan fingerprint density at radius 1 is 1.25 bits per heavy atom. The Morgan fingerprint density at radius 2 is 2.10 bits per heavy atom. The smallest absolute Gasteiger partial charge is 0.131 e. The monoisotopic (exact) mass is 292 g/mol. The van der Waals surface area contributed by atoms with Crippen LogP contribution in [0.15, 0.2) is 35.7 Å². The second-order valence-corrected chi connectivity index (χ2v) is 5.67. The predicted molar refractivity (Wildman–Crippen MR) is 78.9 cm³/mol. The van der Waals surface area contributed by atoms with Crippen molar-refractivity contribution >= 4 is 11.3 Å². The van der Waals surface area contributed by atoms with Crippen LogP contribution in [-0.2, 0) is 11.3 Å². The van der Waals surface area contributed by atoms with Crippen molar-refractivity contribution in [1.29, 1.82) is 0 Å². The molecular formula is C15H17FN2OS. The summed E-state index contributed by atoms with van der Waals surface area (Å²) in [7, 11) is 0. The molecule has 5 heteroatoms. The van der Waals surface area contributed by atoms with Crippen molar-refractivity contribution < 1.29 is 9.13 Å². The first-order chi connectivity index (χ1) is 9.83. The minimum absolute atomic E-state index is 0.164. The standard InChI is InChI=1S/C15H17FN2OS/c16-14-4-3-12(10-13(14)15-2-1-9-20-15)11-17-18-5-7-19-8-6-18/h1-4,9-10,17H,5-8,11H2. The summed E-state index contributed by atoms with van der Waals surface area (Å²) in [6.45, 7) is 4.00. The Labute approximate surface area is 122 Å². The quantitative estimate of drug-likeness (QED) is 0.938. The predicted octanol–water partition coefficient (Wildman–Crippen LogP) is 2.89. The van der Waals surface area contributed by atoms with Crippen LogP contribution in [0.4, 0.5) is 4.39 Å². The number of rotatable bonds is 4. The average Bonchev–Trinajstić information content (AvgIpc) is 3.01. The lowest BCUT2D eigenvalue weighted by Crippen LogP contribution is -2.45. The summed E-state index contributed by atoms with van der Waals surface area (Å²) < 4.78 is 19.2. The molecule has 3 rings (SSSR count). The fourth-order valence-corrected chi connectivity index (χ4v) is 2.97. The van der Waals surface area contributed by atoms with Gasteiger partial charge in [0, 0.05) is 30.1 Å². The number of nitrogens with zero attached hydrogens (tertiary/aromatic N) is 1. The molecule has 0 bridgehead atoms. The van der Waals surface area contributed by atoms with Gasteiger partial charge < -0.3 is 4.74 Å². The average molecular weight is 292 g/mol. The first-order valence-electron chi connectivity index (χ1n) is 6.71. The van der Waals surface area contributed by atoms with E-state index in [1.807, 2.05) is 29.6 Å². The number of hydrazine groups is 1. The Morgan fingerprint density at radius 3 is 2.85 bits per heavy atom. The topological polar surface area (TPSA) is 24.5 Å². The van der Waals surface area contributed by atoms with Gasteiger partial charge in [-0.1, -0.05) is 12.1 Å². The molecule has 1 aromatic heterocycles. The van der Waals surface area contributed by atoms with E-state index in [0.717, 1.165) is 36.7 Å². The van der Waals surface area contributed by atoms with E-state index in [1.54, 1.807) is 17.4 Å². The zero-order valence-corrected chi connectivity index (χ0v) is 12.0. The molecule has 1 aliphatic rings. The first-order valence-corrected chi connectivity index (χ1v) is 7.59. The van der Waals surface area contributed by atoms with Gasteiger partial charge in [0.05, 0.1) is 13.2 Å². The molecule has 0 atom stereocenters. The van der Waals surface area contributed by atoms with Gasteiger partial charge in [-0.05, 0) is 29.1 Å². The minimum Gasteiger partial charge on any atom is -0.379 e. The molecule has 2 heterocycles. The van der Waals surface area contributed by atoms with E-state index >= 15 is 0 Å². The molecule has 20 heavy (non-hydrogen) atoms. The third-order valence-corrected chi connectivity index (χ3v) is 4.24. The molecule has 0 radical (unpaired) electrons. The van der Waals surface area contributed by atoms with E-state index in [2.05, 4.69) is 10.4 Å². The van der Waals surface area contributed by atoms with Crippen LogP contribution in [0.3, 0.4) is 0 Å². The molecule has 1 N–H and O–H groups in total. The number of hydrogen-bond acceptors (Lipinski definition) is 4. The summed E-state index contributed by atoms with van der Waals surface area (Å²) in [5.41, 5.74) is 5.13. The normalized spacial score (nSPS) is 16.4. The van der Waals surface area contributed by atoms with Gasteiger partial charge in [-0.3, -0.25) is 5.43 Å². The number of hydrogen-bond donors (Lipinski definition) is 1. The number of nitrogens with one attached hydrogen (secondary N) is 1. The number of benzene rings is 1. The van der Waals surface area contributed by atoms with Crippen molar-refractivity contribution in [2.45, 2.75) is 6.54 Å². The fourth-order valence-electron chi connectivity index (χ4n) is 2.23. The van der Waals surface area contributed by atoms with Gasteiger partial charge in [0.2, 0.25) is 0 Å². The minimum atomic E-state index is -0.164. The van der Waals surface area contributed by atoms with Crippen molar-refractivity contribution in [3.8, 4) is 10.4 Å². The van der Waals surface area contributed by atoms with Crippen LogP contribution < -0.4 is 5.43 Å². The van der Waals surface area contributed by atoms with E-state index in [0.29, 0.717) is 12.1 Å². The molecule has 3 nitrogen and oxygen atoms in total. The SMILES string of the molecule is Fc1ccc(CNN2CCOCC2)cc1-c1cccs1. The number of halogens is 1. The van der Waals surface area contributed by atoms with Gasteiger partial charge in [-0.2, -0.15) is 0 Å². The largest absolute Gasteiger partial charge is 0.379 e. The first kappa shape index (κ1) is 13.7. The molecule has 106 valence electrons. The molecule has 1 fully saturated rings.